The van der Waals surface area contributed by atoms with Crippen molar-refractivity contribution in [1.29, 1.82) is 0 Å². The molecule has 0 fully saturated rings. The van der Waals surface area contributed by atoms with Crippen molar-refractivity contribution in [3.8, 4) is 0 Å². The first-order chi connectivity index (χ1) is 7.08. The highest BCUT2D eigenvalue weighted by atomic mass is 79.9. The first-order valence-corrected chi connectivity index (χ1v) is 5.35. The van der Waals surface area contributed by atoms with Crippen LogP contribution in [0.5, 0.6) is 0 Å². The standard InChI is InChI=1S/C10H15BrN4/c1-6-4-8(11)5-7(2)9(6)14-10(13-3)15-12/h4-5H,12H2,1-3H3,(H2,13,14,15). The molecule has 0 radical (unpaired) electrons. The van der Waals surface area contributed by atoms with Crippen LogP contribution in [0.2, 0.25) is 0 Å². The highest BCUT2D eigenvalue weighted by Crippen LogP contribution is 2.24. The lowest BCUT2D eigenvalue weighted by Gasteiger charge is -2.14. The molecule has 0 saturated heterocycles. The molecule has 0 bridgehead atoms. The Hall–Kier alpha value is -1.07. The van der Waals surface area contributed by atoms with Gasteiger partial charge in [-0.2, -0.15) is 0 Å². The fourth-order valence-electron chi connectivity index (χ4n) is 1.38. The lowest BCUT2D eigenvalue weighted by Crippen LogP contribution is -2.36. The van der Waals surface area contributed by atoms with Gasteiger partial charge in [0, 0.05) is 17.2 Å². The van der Waals surface area contributed by atoms with Crippen molar-refractivity contribution in [2.45, 2.75) is 13.8 Å². The number of nitrogens with two attached hydrogens (primary N) is 1. The second-order valence-electron chi connectivity index (χ2n) is 3.26. The molecule has 0 aliphatic heterocycles. The largest absolute Gasteiger partial charge is 0.325 e. The molecule has 0 amide bonds. The lowest BCUT2D eigenvalue weighted by molar-refractivity contribution is 1.01. The van der Waals surface area contributed by atoms with Crippen LogP contribution in [0, 0.1) is 13.8 Å². The maximum absolute atomic E-state index is 5.31. The van der Waals surface area contributed by atoms with Gasteiger partial charge in [0.05, 0.1) is 0 Å². The van der Waals surface area contributed by atoms with Crippen LogP contribution in [0.25, 0.3) is 0 Å². The van der Waals surface area contributed by atoms with E-state index in [1.807, 2.05) is 26.0 Å². The number of aryl methyl sites for hydroxylation is 2. The van der Waals surface area contributed by atoms with Gasteiger partial charge >= 0.3 is 0 Å². The van der Waals surface area contributed by atoms with Gasteiger partial charge < -0.3 is 5.32 Å². The maximum Gasteiger partial charge on any atom is 0.209 e. The molecule has 5 heteroatoms. The van der Waals surface area contributed by atoms with E-state index < -0.39 is 0 Å². The third-order valence-electron chi connectivity index (χ3n) is 2.10. The highest BCUT2D eigenvalue weighted by molar-refractivity contribution is 9.10. The van der Waals surface area contributed by atoms with Crippen molar-refractivity contribution in [2.24, 2.45) is 10.8 Å². The van der Waals surface area contributed by atoms with Crippen LogP contribution in [0.15, 0.2) is 21.6 Å². The van der Waals surface area contributed by atoms with Gasteiger partial charge in [-0.1, -0.05) is 15.9 Å². The summed E-state index contributed by atoms with van der Waals surface area (Å²) in [6.07, 6.45) is 0. The third kappa shape index (κ3) is 2.94. The molecule has 0 aliphatic rings. The summed E-state index contributed by atoms with van der Waals surface area (Å²) in [7, 11) is 1.67. The minimum absolute atomic E-state index is 0.545. The van der Waals surface area contributed by atoms with E-state index in [4.69, 9.17) is 5.84 Å². The Kier molecular flexibility index (Phi) is 4.11. The number of hydrogen-bond acceptors (Lipinski definition) is 2. The second-order valence-corrected chi connectivity index (χ2v) is 4.17. The molecule has 0 saturated carbocycles. The average Bonchev–Trinajstić information content (AvgIpc) is 2.17. The zero-order valence-electron chi connectivity index (χ0n) is 9.06. The Morgan fingerprint density at radius 3 is 2.27 bits per heavy atom. The fraction of sp³-hybridized carbons (Fsp3) is 0.300. The Labute approximate surface area is 98.1 Å². The smallest absolute Gasteiger partial charge is 0.209 e. The minimum atomic E-state index is 0.545. The molecule has 4 nitrogen and oxygen atoms in total. The second kappa shape index (κ2) is 5.14. The molecule has 1 aromatic rings. The summed E-state index contributed by atoms with van der Waals surface area (Å²) in [6, 6.07) is 4.08. The molecule has 4 N–H and O–H groups in total. The zero-order valence-corrected chi connectivity index (χ0v) is 10.6. The van der Waals surface area contributed by atoms with Crippen LogP contribution in [-0.4, -0.2) is 13.0 Å². The number of nitrogens with one attached hydrogen (secondary N) is 2. The average molecular weight is 271 g/mol. The van der Waals surface area contributed by atoms with Crippen LogP contribution in [-0.2, 0) is 0 Å². The predicted molar refractivity (Wildman–Crippen MR) is 67.9 cm³/mol. The molecule has 1 rings (SSSR count). The molecule has 0 heterocycles. The minimum Gasteiger partial charge on any atom is -0.325 e. The number of benzene rings is 1. The zero-order chi connectivity index (χ0) is 11.4. The number of hydrogen-bond donors (Lipinski definition) is 3. The summed E-state index contributed by atoms with van der Waals surface area (Å²) in [5, 5.41) is 3.14. The number of rotatable bonds is 1. The maximum atomic E-state index is 5.31. The van der Waals surface area contributed by atoms with Crippen LogP contribution in [0.1, 0.15) is 11.1 Å². The molecule has 1 aromatic carbocycles. The fourth-order valence-corrected chi connectivity index (χ4v) is 2.07. The molecule has 0 unspecified atom stereocenters. The topological polar surface area (TPSA) is 62.4 Å². The van der Waals surface area contributed by atoms with Crippen LogP contribution in [0.4, 0.5) is 5.69 Å². The van der Waals surface area contributed by atoms with Crippen LogP contribution in [0.3, 0.4) is 0 Å². The molecule has 15 heavy (non-hydrogen) atoms. The quantitative estimate of drug-likeness (QED) is 0.316. The molecule has 0 aliphatic carbocycles. The van der Waals surface area contributed by atoms with E-state index >= 15 is 0 Å². The Morgan fingerprint density at radius 1 is 1.33 bits per heavy atom. The third-order valence-corrected chi connectivity index (χ3v) is 2.56. The number of aliphatic imine (C=N–C) groups is 1. The van der Waals surface area contributed by atoms with Crippen molar-refractivity contribution >= 4 is 27.6 Å². The van der Waals surface area contributed by atoms with Gasteiger partial charge in [-0.15, -0.1) is 0 Å². The summed E-state index contributed by atoms with van der Waals surface area (Å²) in [5.74, 6) is 5.85. The first-order valence-electron chi connectivity index (χ1n) is 4.55. The van der Waals surface area contributed by atoms with E-state index in [-0.39, 0.29) is 0 Å². The summed E-state index contributed by atoms with van der Waals surface area (Å²) in [4.78, 5) is 3.96. The van der Waals surface area contributed by atoms with Gasteiger partial charge in [0.15, 0.2) is 0 Å². The summed E-state index contributed by atoms with van der Waals surface area (Å²) in [5.41, 5.74) is 5.80. The Bertz CT molecular complexity index is 364. The molecule has 0 spiro atoms. The monoisotopic (exact) mass is 270 g/mol. The van der Waals surface area contributed by atoms with Crippen LogP contribution < -0.4 is 16.6 Å². The number of anilines is 1. The van der Waals surface area contributed by atoms with Gasteiger partial charge in [0.2, 0.25) is 5.96 Å². The number of hydrazine groups is 1. The van der Waals surface area contributed by atoms with E-state index in [2.05, 4.69) is 31.7 Å². The first kappa shape index (κ1) is 12.0. The van der Waals surface area contributed by atoms with Gasteiger partial charge in [0.1, 0.15) is 0 Å². The summed E-state index contributed by atoms with van der Waals surface area (Å²) >= 11 is 3.45. The van der Waals surface area contributed by atoms with Gasteiger partial charge in [-0.05, 0) is 37.1 Å². The Balaban J connectivity index is 3.05. The summed E-state index contributed by atoms with van der Waals surface area (Å²) in [6.45, 7) is 4.06. The predicted octanol–water partition coefficient (Wildman–Crippen LogP) is 1.93. The molecule has 0 aromatic heterocycles. The van der Waals surface area contributed by atoms with E-state index in [1.165, 1.54) is 0 Å². The van der Waals surface area contributed by atoms with Gasteiger partial charge in [0.25, 0.3) is 0 Å². The number of guanidine groups is 1. The summed E-state index contributed by atoms with van der Waals surface area (Å²) < 4.78 is 1.07. The van der Waals surface area contributed by atoms with E-state index in [0.29, 0.717) is 5.96 Å². The van der Waals surface area contributed by atoms with Crippen molar-refractivity contribution in [1.82, 2.24) is 5.43 Å². The van der Waals surface area contributed by atoms with Crippen molar-refractivity contribution < 1.29 is 0 Å². The molecule has 0 atom stereocenters. The van der Waals surface area contributed by atoms with Crippen molar-refractivity contribution in [3.05, 3.63) is 27.7 Å². The molecule has 82 valence electrons. The SMILES string of the molecule is CN=C(NN)Nc1c(C)cc(Br)cc1C. The normalized spacial score (nSPS) is 11.4. The molecular formula is C10H15BrN4. The van der Waals surface area contributed by atoms with Gasteiger partial charge in [-0.25, -0.2) is 5.84 Å². The Morgan fingerprint density at radius 2 is 1.87 bits per heavy atom. The van der Waals surface area contributed by atoms with Crippen molar-refractivity contribution in [2.75, 3.05) is 12.4 Å². The molecular weight excluding hydrogens is 256 g/mol. The van der Waals surface area contributed by atoms with Crippen molar-refractivity contribution in [3.63, 3.8) is 0 Å². The van der Waals surface area contributed by atoms with E-state index in [1.54, 1.807) is 7.05 Å². The lowest BCUT2D eigenvalue weighted by atomic mass is 10.1. The van der Waals surface area contributed by atoms with E-state index in [0.717, 1.165) is 21.3 Å². The highest BCUT2D eigenvalue weighted by Gasteiger charge is 2.05. The number of halogens is 1. The van der Waals surface area contributed by atoms with Gasteiger partial charge in [-0.3, -0.25) is 10.4 Å². The van der Waals surface area contributed by atoms with Crippen LogP contribution >= 0.6 is 15.9 Å². The van der Waals surface area contributed by atoms with E-state index in [9.17, 15) is 0 Å². The number of nitrogens with zero attached hydrogens (tertiary/aromatic N) is 1.